The number of rotatable bonds is 11. The fraction of sp³-hybridized carbons (Fsp3) is 0.696. The van der Waals surface area contributed by atoms with Crippen LogP contribution < -0.4 is 0 Å². The molecule has 3 atom stereocenters. The Morgan fingerprint density at radius 1 is 1.08 bits per heavy atom. The van der Waals surface area contributed by atoms with Gasteiger partial charge in [0.25, 0.3) is 0 Å². The molecule has 0 aromatic heterocycles. The second-order valence-corrected chi connectivity index (χ2v) is 9.23. The van der Waals surface area contributed by atoms with E-state index < -0.39 is 0 Å². The molecule has 0 aromatic carbocycles. The first-order valence-corrected chi connectivity index (χ1v) is 11.1. The Morgan fingerprint density at radius 2 is 1.77 bits per heavy atom. The zero-order valence-corrected chi connectivity index (χ0v) is 18.2. The number of allylic oxidation sites excluding steroid dienone is 5. The first kappa shape index (κ1) is 21.5. The number of hydrogen-bond acceptors (Lipinski definition) is 3. The zero-order chi connectivity index (χ0) is 18.9. The molecule has 1 aliphatic heterocycles. The SMILES string of the molecule is COC[C@H]1C[C@H]1C1=N[C@H](C/C=C(\C)CC/C=C(\C)CCC=C(C)C)CS1. The Hall–Kier alpha value is -0.800. The molecule has 0 spiro atoms. The van der Waals surface area contributed by atoms with Gasteiger partial charge in [-0.15, -0.1) is 11.8 Å². The van der Waals surface area contributed by atoms with E-state index in [4.69, 9.17) is 9.73 Å². The molecule has 1 fully saturated rings. The van der Waals surface area contributed by atoms with Crippen molar-refractivity contribution in [2.24, 2.45) is 16.8 Å². The van der Waals surface area contributed by atoms with Crippen LogP contribution in [0.15, 0.2) is 39.9 Å². The average Bonchev–Trinajstić information content (AvgIpc) is 3.19. The molecular weight excluding hydrogens is 338 g/mol. The first-order chi connectivity index (χ1) is 12.5. The van der Waals surface area contributed by atoms with Crippen LogP contribution in [0, 0.1) is 11.8 Å². The second-order valence-electron chi connectivity index (χ2n) is 8.19. The third-order valence-electron chi connectivity index (χ3n) is 5.22. The van der Waals surface area contributed by atoms with Crippen molar-refractivity contribution in [3.8, 4) is 0 Å². The predicted molar refractivity (Wildman–Crippen MR) is 117 cm³/mol. The molecule has 3 heteroatoms. The fourth-order valence-electron chi connectivity index (χ4n) is 3.38. The maximum Gasteiger partial charge on any atom is 0.0715 e. The normalized spacial score (nSPS) is 26.0. The number of ether oxygens (including phenoxy) is 1. The number of hydrogen-bond donors (Lipinski definition) is 0. The van der Waals surface area contributed by atoms with Crippen LogP contribution in [0.3, 0.4) is 0 Å². The van der Waals surface area contributed by atoms with Gasteiger partial charge in [0, 0.05) is 25.4 Å². The highest BCUT2D eigenvalue weighted by Crippen LogP contribution is 2.45. The maximum absolute atomic E-state index is 5.27. The van der Waals surface area contributed by atoms with Gasteiger partial charge in [0.2, 0.25) is 0 Å². The molecule has 2 aliphatic rings. The van der Waals surface area contributed by atoms with Crippen LogP contribution in [0.4, 0.5) is 0 Å². The highest BCUT2D eigenvalue weighted by molar-refractivity contribution is 8.14. The van der Waals surface area contributed by atoms with E-state index in [-0.39, 0.29) is 0 Å². The van der Waals surface area contributed by atoms with Crippen LogP contribution in [-0.2, 0) is 4.74 Å². The lowest BCUT2D eigenvalue weighted by Crippen LogP contribution is -2.02. The maximum atomic E-state index is 5.27. The van der Waals surface area contributed by atoms with E-state index in [1.54, 1.807) is 7.11 Å². The van der Waals surface area contributed by atoms with E-state index in [2.05, 4.69) is 45.9 Å². The molecule has 2 nitrogen and oxygen atoms in total. The van der Waals surface area contributed by atoms with Gasteiger partial charge in [0.1, 0.15) is 0 Å². The molecule has 0 unspecified atom stereocenters. The average molecular weight is 376 g/mol. The third kappa shape index (κ3) is 7.84. The summed E-state index contributed by atoms with van der Waals surface area (Å²) in [5.74, 6) is 2.60. The largest absolute Gasteiger partial charge is 0.384 e. The molecular formula is C23H37NOS. The van der Waals surface area contributed by atoms with Gasteiger partial charge in [-0.25, -0.2) is 0 Å². The molecule has 146 valence electrons. The summed E-state index contributed by atoms with van der Waals surface area (Å²) in [6, 6.07) is 0.495. The highest BCUT2D eigenvalue weighted by atomic mass is 32.2. The molecule has 1 saturated carbocycles. The quantitative estimate of drug-likeness (QED) is 0.380. The molecule has 26 heavy (non-hydrogen) atoms. The monoisotopic (exact) mass is 375 g/mol. The molecule has 0 radical (unpaired) electrons. The van der Waals surface area contributed by atoms with Crippen LogP contribution in [0.5, 0.6) is 0 Å². The molecule has 2 rings (SSSR count). The van der Waals surface area contributed by atoms with Crippen molar-refractivity contribution in [3.05, 3.63) is 34.9 Å². The standard InChI is InChI=1S/C23H37NOS/c1-17(2)8-6-9-18(3)10-7-11-19(4)12-13-21-16-26-23(24-21)22-14-20(22)15-25-5/h8,10,12,20-22H,6-7,9,11,13-16H2,1-5H3/b18-10+,19-12+/t20-,21-,22-/m1/s1. The van der Waals surface area contributed by atoms with Gasteiger partial charge < -0.3 is 4.74 Å². The van der Waals surface area contributed by atoms with Gasteiger partial charge in [0.05, 0.1) is 11.1 Å². The number of aliphatic imine (C=N–C) groups is 1. The Balaban J connectivity index is 1.65. The van der Waals surface area contributed by atoms with Crippen molar-refractivity contribution in [3.63, 3.8) is 0 Å². The summed E-state index contributed by atoms with van der Waals surface area (Å²) in [5, 5.41) is 1.40. The number of thioether (sulfide) groups is 1. The van der Waals surface area contributed by atoms with Crippen LogP contribution in [-0.4, -0.2) is 30.6 Å². The van der Waals surface area contributed by atoms with E-state index in [0.717, 1.165) is 25.4 Å². The topological polar surface area (TPSA) is 21.6 Å². The Labute approximate surface area is 165 Å². The van der Waals surface area contributed by atoms with Gasteiger partial charge in [-0.3, -0.25) is 4.99 Å². The molecule has 1 heterocycles. The van der Waals surface area contributed by atoms with E-state index in [0.29, 0.717) is 12.0 Å². The minimum atomic E-state index is 0.495. The van der Waals surface area contributed by atoms with E-state index in [9.17, 15) is 0 Å². The summed E-state index contributed by atoms with van der Waals surface area (Å²) in [6.45, 7) is 9.78. The van der Waals surface area contributed by atoms with Crippen LogP contribution >= 0.6 is 11.8 Å². The van der Waals surface area contributed by atoms with Gasteiger partial charge in [0.15, 0.2) is 0 Å². The minimum Gasteiger partial charge on any atom is -0.384 e. The highest BCUT2D eigenvalue weighted by Gasteiger charge is 2.42. The van der Waals surface area contributed by atoms with E-state index >= 15 is 0 Å². The molecule has 0 aromatic rings. The summed E-state index contributed by atoms with van der Waals surface area (Å²) < 4.78 is 5.27. The van der Waals surface area contributed by atoms with Crippen molar-refractivity contribution in [1.29, 1.82) is 0 Å². The van der Waals surface area contributed by atoms with Crippen molar-refractivity contribution in [2.75, 3.05) is 19.5 Å². The zero-order valence-electron chi connectivity index (χ0n) is 17.4. The minimum absolute atomic E-state index is 0.495. The lowest BCUT2D eigenvalue weighted by molar-refractivity contribution is 0.184. The van der Waals surface area contributed by atoms with Crippen LogP contribution in [0.2, 0.25) is 0 Å². The Kier molecular flexibility index (Phi) is 9.21. The fourth-order valence-corrected chi connectivity index (χ4v) is 4.68. The molecule has 0 amide bonds. The van der Waals surface area contributed by atoms with Crippen molar-refractivity contribution in [1.82, 2.24) is 0 Å². The summed E-state index contributed by atoms with van der Waals surface area (Å²) in [4.78, 5) is 4.97. The lowest BCUT2D eigenvalue weighted by atomic mass is 10.1. The second kappa shape index (κ2) is 11.1. The predicted octanol–water partition coefficient (Wildman–Crippen LogP) is 6.59. The Bertz CT molecular complexity index is 569. The summed E-state index contributed by atoms with van der Waals surface area (Å²) >= 11 is 1.98. The third-order valence-corrected chi connectivity index (χ3v) is 6.47. The molecule has 0 N–H and O–H groups in total. The summed E-state index contributed by atoms with van der Waals surface area (Å²) in [5.41, 5.74) is 4.45. The van der Waals surface area contributed by atoms with Gasteiger partial charge >= 0.3 is 0 Å². The van der Waals surface area contributed by atoms with Crippen LogP contribution in [0.1, 0.15) is 66.2 Å². The summed E-state index contributed by atoms with van der Waals surface area (Å²) in [6.07, 6.45) is 14.3. The first-order valence-electron chi connectivity index (χ1n) is 10.1. The van der Waals surface area contributed by atoms with Gasteiger partial charge in [-0.2, -0.15) is 0 Å². The van der Waals surface area contributed by atoms with Crippen molar-refractivity contribution >= 4 is 16.8 Å². The van der Waals surface area contributed by atoms with E-state index in [1.807, 2.05) is 11.8 Å². The smallest absolute Gasteiger partial charge is 0.0715 e. The molecule has 0 saturated heterocycles. The van der Waals surface area contributed by atoms with Crippen molar-refractivity contribution in [2.45, 2.75) is 72.3 Å². The van der Waals surface area contributed by atoms with Crippen LogP contribution in [0.25, 0.3) is 0 Å². The Morgan fingerprint density at radius 3 is 2.46 bits per heavy atom. The van der Waals surface area contributed by atoms with Gasteiger partial charge in [-0.05, 0) is 72.1 Å². The van der Waals surface area contributed by atoms with Gasteiger partial charge in [-0.1, -0.05) is 34.9 Å². The molecule has 1 aliphatic carbocycles. The lowest BCUT2D eigenvalue weighted by Gasteiger charge is -2.04. The van der Waals surface area contributed by atoms with E-state index in [1.165, 1.54) is 53.2 Å². The molecule has 0 bridgehead atoms. The number of nitrogens with zero attached hydrogens (tertiary/aromatic N) is 1. The number of methoxy groups -OCH3 is 1. The summed E-state index contributed by atoms with van der Waals surface area (Å²) in [7, 11) is 1.80. The van der Waals surface area contributed by atoms with Crippen molar-refractivity contribution < 1.29 is 4.74 Å².